The quantitative estimate of drug-likeness (QED) is 0.250. The molecule has 0 aliphatic rings. The van der Waals surface area contributed by atoms with Crippen LogP contribution in [-0.4, -0.2) is 32.5 Å². The number of ether oxygens (including phenoxy) is 1. The lowest BCUT2D eigenvalue weighted by molar-refractivity contribution is 0.101. The summed E-state index contributed by atoms with van der Waals surface area (Å²) >= 11 is 2.86. The van der Waals surface area contributed by atoms with Crippen molar-refractivity contribution in [3.63, 3.8) is 0 Å². The predicted molar refractivity (Wildman–Crippen MR) is 128 cm³/mol. The van der Waals surface area contributed by atoms with Crippen LogP contribution in [0.3, 0.4) is 0 Å². The first-order chi connectivity index (χ1) is 16.0. The van der Waals surface area contributed by atoms with Gasteiger partial charge in [-0.1, -0.05) is 59.9 Å². The molecule has 0 aliphatic heterocycles. The molecule has 0 saturated carbocycles. The summed E-state index contributed by atoms with van der Waals surface area (Å²) in [5.74, 6) is 0.311. The Bertz CT molecular complexity index is 1240. The Morgan fingerprint density at radius 1 is 1.21 bits per heavy atom. The number of carbonyl (C=O) groups is 1. The lowest BCUT2D eigenvalue weighted by Gasteiger charge is -2.03. The van der Waals surface area contributed by atoms with Gasteiger partial charge in [-0.3, -0.25) is 10.1 Å². The number of aromatic nitrogens is 4. The largest absolute Gasteiger partial charge is 0.489 e. The number of halogens is 1. The van der Waals surface area contributed by atoms with Crippen molar-refractivity contribution in [3.05, 3.63) is 77.4 Å². The van der Waals surface area contributed by atoms with E-state index in [4.69, 9.17) is 4.74 Å². The predicted octanol–water partition coefficient (Wildman–Crippen LogP) is 5.50. The molecule has 4 rings (SSSR count). The molecule has 0 atom stereocenters. The number of benzene rings is 2. The molecule has 0 radical (unpaired) electrons. The van der Waals surface area contributed by atoms with Gasteiger partial charge in [0.1, 0.15) is 5.82 Å². The van der Waals surface area contributed by atoms with Crippen LogP contribution in [0.25, 0.3) is 5.69 Å². The van der Waals surface area contributed by atoms with Gasteiger partial charge in [-0.05, 0) is 43.2 Å². The number of rotatable bonds is 9. The Morgan fingerprint density at radius 3 is 2.79 bits per heavy atom. The second kappa shape index (κ2) is 10.6. The van der Waals surface area contributed by atoms with E-state index in [1.807, 2.05) is 13.0 Å². The highest BCUT2D eigenvalue weighted by atomic mass is 32.2. The Morgan fingerprint density at radius 2 is 2.03 bits per heavy atom. The maximum absolute atomic E-state index is 13.3. The average molecular weight is 484 g/mol. The van der Waals surface area contributed by atoms with Gasteiger partial charge in [-0.25, -0.2) is 9.07 Å². The Hall–Kier alpha value is -3.24. The molecule has 2 aromatic carbocycles. The van der Waals surface area contributed by atoms with Crippen molar-refractivity contribution >= 4 is 34.1 Å². The smallest absolute Gasteiger partial charge is 0.281 e. The van der Waals surface area contributed by atoms with E-state index in [0.29, 0.717) is 23.2 Å². The fourth-order valence-corrected chi connectivity index (χ4v) is 4.67. The lowest BCUT2D eigenvalue weighted by atomic mass is 10.2. The van der Waals surface area contributed by atoms with Crippen LogP contribution in [0.5, 0.6) is 5.75 Å². The van der Waals surface area contributed by atoms with Crippen LogP contribution in [0.2, 0.25) is 0 Å². The van der Waals surface area contributed by atoms with Crippen LogP contribution >= 0.6 is 23.1 Å². The summed E-state index contributed by atoms with van der Waals surface area (Å²) < 4.78 is 21.2. The molecule has 170 valence electrons. The van der Waals surface area contributed by atoms with Crippen LogP contribution in [-0.2, 0) is 5.75 Å². The van der Waals surface area contributed by atoms with E-state index < -0.39 is 5.91 Å². The maximum atomic E-state index is 13.3. The van der Waals surface area contributed by atoms with Crippen molar-refractivity contribution in [2.75, 3.05) is 11.9 Å². The van der Waals surface area contributed by atoms with E-state index >= 15 is 0 Å². The van der Waals surface area contributed by atoms with Gasteiger partial charge in [0, 0.05) is 5.75 Å². The molecular weight excluding hydrogens is 461 g/mol. The molecule has 7 nitrogen and oxygen atoms in total. The Labute approximate surface area is 199 Å². The minimum absolute atomic E-state index is 0.122. The highest BCUT2D eigenvalue weighted by Crippen LogP contribution is 2.29. The molecule has 2 aromatic heterocycles. The summed E-state index contributed by atoms with van der Waals surface area (Å²) in [7, 11) is 0. The van der Waals surface area contributed by atoms with Crippen molar-refractivity contribution in [1.29, 1.82) is 0 Å². The third-order valence-electron chi connectivity index (χ3n) is 4.52. The van der Waals surface area contributed by atoms with Crippen LogP contribution in [0.15, 0.2) is 59.1 Å². The second-order valence-corrected chi connectivity index (χ2v) is 9.42. The SMILES string of the molecule is CCCOc1cn(-c2ccc(F)cc2)nc1C(=O)Nc1nnc(SCc2cccc(C)c2)s1. The van der Waals surface area contributed by atoms with Gasteiger partial charge in [-0.2, -0.15) is 5.10 Å². The number of amides is 1. The molecule has 4 aromatic rings. The maximum Gasteiger partial charge on any atom is 0.281 e. The molecule has 0 unspecified atom stereocenters. The molecule has 0 spiro atoms. The third kappa shape index (κ3) is 5.96. The summed E-state index contributed by atoms with van der Waals surface area (Å²) in [4.78, 5) is 12.9. The van der Waals surface area contributed by atoms with Crippen LogP contribution in [0.4, 0.5) is 9.52 Å². The van der Waals surface area contributed by atoms with Gasteiger partial charge in [0.25, 0.3) is 5.91 Å². The van der Waals surface area contributed by atoms with Crippen molar-refractivity contribution in [2.45, 2.75) is 30.4 Å². The topological polar surface area (TPSA) is 81.9 Å². The number of thioether (sulfide) groups is 1. The standard InChI is InChI=1S/C23H22FN5O2S2/c1-3-11-31-19-13-29(18-9-7-17(24)8-10-18)28-20(19)21(30)25-22-26-27-23(33-22)32-14-16-6-4-5-15(2)12-16/h4-10,12-13H,3,11,14H2,1-2H3,(H,25,26,30). The van der Waals surface area contributed by atoms with Crippen molar-refractivity contribution in [2.24, 2.45) is 0 Å². The lowest BCUT2D eigenvalue weighted by Crippen LogP contribution is -2.14. The monoisotopic (exact) mass is 483 g/mol. The molecule has 0 fully saturated rings. The van der Waals surface area contributed by atoms with Crippen LogP contribution < -0.4 is 10.1 Å². The molecule has 0 saturated heterocycles. The van der Waals surface area contributed by atoms with Gasteiger partial charge in [0.2, 0.25) is 5.13 Å². The zero-order valence-electron chi connectivity index (χ0n) is 18.1. The van der Waals surface area contributed by atoms with E-state index in [0.717, 1.165) is 16.5 Å². The third-order valence-corrected chi connectivity index (χ3v) is 6.56. The molecule has 0 aliphatic carbocycles. The fraction of sp³-hybridized carbons (Fsp3) is 0.217. The Kier molecular flexibility index (Phi) is 7.36. The molecular formula is C23H22FN5O2S2. The number of aryl methyl sites for hydroxylation is 1. The highest BCUT2D eigenvalue weighted by molar-refractivity contribution is 8.00. The number of carbonyl (C=O) groups excluding carboxylic acids is 1. The van der Waals surface area contributed by atoms with Crippen LogP contribution in [0, 0.1) is 12.7 Å². The summed E-state index contributed by atoms with van der Waals surface area (Å²) in [6.07, 6.45) is 2.39. The fourth-order valence-electron chi connectivity index (χ4n) is 2.98. The van der Waals surface area contributed by atoms with E-state index in [-0.39, 0.29) is 11.5 Å². The highest BCUT2D eigenvalue weighted by Gasteiger charge is 2.21. The normalized spacial score (nSPS) is 10.9. The van der Waals surface area contributed by atoms with Gasteiger partial charge in [0.15, 0.2) is 15.8 Å². The molecule has 1 N–H and O–H groups in total. The average Bonchev–Trinajstić information content (AvgIpc) is 3.44. The van der Waals surface area contributed by atoms with Gasteiger partial charge < -0.3 is 4.74 Å². The van der Waals surface area contributed by atoms with Crippen molar-refractivity contribution in [1.82, 2.24) is 20.0 Å². The summed E-state index contributed by atoms with van der Waals surface area (Å²) in [6.45, 7) is 4.47. The van der Waals surface area contributed by atoms with Gasteiger partial charge in [0.05, 0.1) is 18.5 Å². The first kappa shape index (κ1) is 22.9. The van der Waals surface area contributed by atoms with E-state index in [1.165, 1.54) is 39.3 Å². The minimum atomic E-state index is -0.451. The van der Waals surface area contributed by atoms with Crippen LogP contribution in [0.1, 0.15) is 35.0 Å². The van der Waals surface area contributed by atoms with Gasteiger partial charge >= 0.3 is 0 Å². The van der Waals surface area contributed by atoms with E-state index in [2.05, 4.69) is 45.7 Å². The second-order valence-electron chi connectivity index (χ2n) is 7.22. The van der Waals surface area contributed by atoms with Crippen molar-refractivity contribution < 1.29 is 13.9 Å². The summed E-state index contributed by atoms with van der Waals surface area (Å²) in [6, 6.07) is 14.1. The van der Waals surface area contributed by atoms with E-state index in [9.17, 15) is 9.18 Å². The first-order valence-corrected chi connectivity index (χ1v) is 12.1. The number of nitrogens with zero attached hydrogens (tertiary/aromatic N) is 4. The summed E-state index contributed by atoms with van der Waals surface area (Å²) in [5, 5.41) is 15.7. The molecule has 2 heterocycles. The first-order valence-electron chi connectivity index (χ1n) is 10.3. The number of hydrogen-bond acceptors (Lipinski definition) is 7. The van der Waals surface area contributed by atoms with E-state index in [1.54, 1.807) is 30.1 Å². The zero-order chi connectivity index (χ0) is 23.2. The Balaban J connectivity index is 1.46. The number of hydrogen-bond donors (Lipinski definition) is 1. The molecule has 10 heteroatoms. The number of anilines is 1. The molecule has 1 amide bonds. The van der Waals surface area contributed by atoms with Crippen molar-refractivity contribution in [3.8, 4) is 11.4 Å². The minimum Gasteiger partial charge on any atom is -0.489 e. The number of nitrogens with one attached hydrogen (secondary N) is 1. The van der Waals surface area contributed by atoms with Gasteiger partial charge in [-0.15, -0.1) is 10.2 Å². The molecule has 0 bridgehead atoms. The molecule has 33 heavy (non-hydrogen) atoms. The summed E-state index contributed by atoms with van der Waals surface area (Å²) in [5.41, 5.74) is 3.14. The zero-order valence-corrected chi connectivity index (χ0v) is 19.8.